The molecule has 0 aliphatic carbocycles. The molecule has 0 amide bonds. The second-order valence-electron chi connectivity index (χ2n) is 4.55. The molecule has 0 saturated heterocycles. The number of rotatable bonds is 4. The van der Waals surface area contributed by atoms with Crippen LogP contribution in [0.5, 0.6) is 5.75 Å². The molecular weight excluding hydrogens is 284 g/mol. The number of non-ortho nitro benzene ring substituents is 1. The van der Waals surface area contributed by atoms with E-state index >= 15 is 0 Å². The van der Waals surface area contributed by atoms with Crippen molar-refractivity contribution in [3.63, 3.8) is 0 Å². The minimum atomic E-state index is -0.437. The van der Waals surface area contributed by atoms with Crippen molar-refractivity contribution in [3.05, 3.63) is 64.8 Å². The van der Waals surface area contributed by atoms with Gasteiger partial charge in [-0.2, -0.15) is 0 Å². The molecule has 3 rings (SSSR count). The maximum atomic E-state index is 10.7. The Morgan fingerprint density at radius 1 is 1.09 bits per heavy atom. The van der Waals surface area contributed by atoms with Crippen LogP contribution in [0.4, 0.5) is 5.69 Å². The minimum absolute atomic E-state index is 0.0410. The molecule has 0 spiro atoms. The van der Waals surface area contributed by atoms with Gasteiger partial charge in [0.2, 0.25) is 0 Å². The van der Waals surface area contributed by atoms with Crippen molar-refractivity contribution in [3.8, 4) is 22.7 Å². The van der Waals surface area contributed by atoms with E-state index in [1.165, 1.54) is 12.1 Å². The van der Waals surface area contributed by atoms with Crippen LogP contribution in [0.3, 0.4) is 0 Å². The van der Waals surface area contributed by atoms with E-state index in [0.29, 0.717) is 11.4 Å². The standard InChI is InChI=1S/C15H12N4O3/c1-22-14-8-2-11(3-9-14)15-10-18(17-16-15)12-4-6-13(7-5-12)19(20)21/h2-10H,1H3. The molecule has 1 heterocycles. The van der Waals surface area contributed by atoms with Crippen molar-refractivity contribution in [1.82, 2.24) is 15.0 Å². The fourth-order valence-corrected chi connectivity index (χ4v) is 2.01. The van der Waals surface area contributed by atoms with Gasteiger partial charge >= 0.3 is 0 Å². The lowest BCUT2D eigenvalue weighted by molar-refractivity contribution is -0.384. The molecule has 0 atom stereocenters. The lowest BCUT2D eigenvalue weighted by Crippen LogP contribution is -1.95. The first-order valence-corrected chi connectivity index (χ1v) is 6.49. The molecule has 0 unspecified atom stereocenters. The highest BCUT2D eigenvalue weighted by atomic mass is 16.6. The van der Waals surface area contributed by atoms with Gasteiger partial charge in [0.15, 0.2) is 0 Å². The van der Waals surface area contributed by atoms with Crippen LogP contribution in [0, 0.1) is 10.1 Å². The third-order valence-electron chi connectivity index (χ3n) is 3.20. The highest BCUT2D eigenvalue weighted by molar-refractivity contribution is 5.59. The number of benzene rings is 2. The second-order valence-corrected chi connectivity index (χ2v) is 4.55. The topological polar surface area (TPSA) is 83.1 Å². The van der Waals surface area contributed by atoms with Crippen LogP contribution in [0.15, 0.2) is 54.7 Å². The van der Waals surface area contributed by atoms with Crippen molar-refractivity contribution < 1.29 is 9.66 Å². The van der Waals surface area contributed by atoms with Gasteiger partial charge in [-0.3, -0.25) is 10.1 Å². The Hall–Kier alpha value is -3.22. The van der Waals surface area contributed by atoms with E-state index in [1.807, 2.05) is 24.3 Å². The van der Waals surface area contributed by atoms with Crippen LogP contribution in [-0.2, 0) is 0 Å². The van der Waals surface area contributed by atoms with Gasteiger partial charge in [-0.25, -0.2) is 4.68 Å². The van der Waals surface area contributed by atoms with Gasteiger partial charge in [0, 0.05) is 17.7 Å². The number of ether oxygens (including phenoxy) is 1. The summed E-state index contributed by atoms with van der Waals surface area (Å²) in [5.41, 5.74) is 2.37. The van der Waals surface area contributed by atoms with E-state index in [-0.39, 0.29) is 5.69 Å². The fourth-order valence-electron chi connectivity index (χ4n) is 2.01. The molecule has 0 N–H and O–H groups in total. The van der Waals surface area contributed by atoms with Gasteiger partial charge in [0.1, 0.15) is 11.4 Å². The summed E-state index contributed by atoms with van der Waals surface area (Å²) in [5, 5.41) is 18.8. The summed E-state index contributed by atoms with van der Waals surface area (Å²) in [6.07, 6.45) is 1.77. The zero-order valence-electron chi connectivity index (χ0n) is 11.7. The molecular formula is C15H12N4O3. The van der Waals surface area contributed by atoms with Crippen molar-refractivity contribution >= 4 is 5.69 Å². The lowest BCUT2D eigenvalue weighted by atomic mass is 10.1. The molecule has 0 bridgehead atoms. The van der Waals surface area contributed by atoms with E-state index < -0.39 is 4.92 Å². The van der Waals surface area contributed by atoms with Crippen LogP contribution in [0.2, 0.25) is 0 Å². The lowest BCUT2D eigenvalue weighted by Gasteiger charge is -2.00. The first-order chi connectivity index (χ1) is 10.7. The van der Waals surface area contributed by atoms with Gasteiger partial charge in [-0.15, -0.1) is 5.10 Å². The minimum Gasteiger partial charge on any atom is -0.497 e. The van der Waals surface area contributed by atoms with Gasteiger partial charge < -0.3 is 4.74 Å². The summed E-state index contributed by atoms with van der Waals surface area (Å²) in [4.78, 5) is 10.2. The molecule has 0 saturated carbocycles. The number of hydrogen-bond acceptors (Lipinski definition) is 5. The predicted octanol–water partition coefficient (Wildman–Crippen LogP) is 2.85. The zero-order chi connectivity index (χ0) is 15.5. The maximum Gasteiger partial charge on any atom is 0.269 e. The van der Waals surface area contributed by atoms with Gasteiger partial charge in [0.05, 0.1) is 23.9 Å². The summed E-state index contributed by atoms with van der Waals surface area (Å²) in [6.45, 7) is 0. The molecule has 110 valence electrons. The third-order valence-corrected chi connectivity index (χ3v) is 3.20. The van der Waals surface area contributed by atoms with Crippen LogP contribution >= 0.6 is 0 Å². The SMILES string of the molecule is COc1ccc(-c2cn(-c3ccc([N+](=O)[O-])cc3)nn2)cc1. The van der Waals surface area contributed by atoms with E-state index in [9.17, 15) is 10.1 Å². The maximum absolute atomic E-state index is 10.7. The first kappa shape index (κ1) is 13.7. The third kappa shape index (κ3) is 2.64. The molecule has 2 aromatic carbocycles. The predicted molar refractivity (Wildman–Crippen MR) is 80.0 cm³/mol. The summed E-state index contributed by atoms with van der Waals surface area (Å²) in [5.74, 6) is 0.770. The molecule has 7 heteroatoms. The van der Waals surface area contributed by atoms with Gasteiger partial charge in [-0.05, 0) is 36.4 Å². The van der Waals surface area contributed by atoms with Crippen LogP contribution < -0.4 is 4.74 Å². The smallest absolute Gasteiger partial charge is 0.269 e. The molecule has 3 aromatic rings. The fraction of sp³-hybridized carbons (Fsp3) is 0.0667. The van der Waals surface area contributed by atoms with Crippen molar-refractivity contribution in [2.75, 3.05) is 7.11 Å². The summed E-state index contributed by atoms with van der Waals surface area (Å²) < 4.78 is 6.69. The Morgan fingerprint density at radius 2 is 1.77 bits per heavy atom. The van der Waals surface area contributed by atoms with E-state index in [0.717, 1.165) is 11.3 Å². The summed E-state index contributed by atoms with van der Waals surface area (Å²) >= 11 is 0. The first-order valence-electron chi connectivity index (χ1n) is 6.49. The van der Waals surface area contributed by atoms with Gasteiger partial charge in [-0.1, -0.05) is 5.21 Å². The summed E-state index contributed by atoms with van der Waals surface area (Å²) in [7, 11) is 1.61. The van der Waals surface area contributed by atoms with Crippen molar-refractivity contribution in [2.24, 2.45) is 0 Å². The van der Waals surface area contributed by atoms with Crippen LogP contribution in [0.25, 0.3) is 16.9 Å². The van der Waals surface area contributed by atoms with E-state index in [2.05, 4.69) is 10.3 Å². The Morgan fingerprint density at radius 3 is 2.36 bits per heavy atom. The molecule has 22 heavy (non-hydrogen) atoms. The number of nitro groups is 1. The normalized spacial score (nSPS) is 10.4. The highest BCUT2D eigenvalue weighted by Crippen LogP contribution is 2.21. The molecule has 0 aliphatic rings. The van der Waals surface area contributed by atoms with E-state index in [4.69, 9.17) is 4.74 Å². The molecule has 0 fully saturated rings. The highest BCUT2D eigenvalue weighted by Gasteiger charge is 2.08. The average Bonchev–Trinajstić information content (AvgIpc) is 3.05. The molecule has 7 nitrogen and oxygen atoms in total. The van der Waals surface area contributed by atoms with Crippen molar-refractivity contribution in [1.29, 1.82) is 0 Å². The number of aromatic nitrogens is 3. The monoisotopic (exact) mass is 296 g/mol. The number of nitro benzene ring substituents is 1. The van der Waals surface area contributed by atoms with Crippen molar-refractivity contribution in [2.45, 2.75) is 0 Å². The van der Waals surface area contributed by atoms with Crippen LogP contribution in [0.1, 0.15) is 0 Å². The quantitative estimate of drug-likeness (QED) is 0.546. The number of nitrogens with zero attached hydrogens (tertiary/aromatic N) is 4. The Balaban J connectivity index is 1.87. The molecule has 1 aromatic heterocycles. The number of methoxy groups -OCH3 is 1. The number of hydrogen-bond donors (Lipinski definition) is 0. The Labute approximate surface area is 125 Å². The Kier molecular flexibility index (Phi) is 3.53. The summed E-state index contributed by atoms with van der Waals surface area (Å²) in [6, 6.07) is 13.6. The van der Waals surface area contributed by atoms with Crippen LogP contribution in [-0.4, -0.2) is 27.0 Å². The molecule has 0 radical (unpaired) electrons. The average molecular weight is 296 g/mol. The van der Waals surface area contributed by atoms with E-state index in [1.54, 1.807) is 30.1 Å². The second kappa shape index (κ2) is 5.65. The molecule has 0 aliphatic heterocycles. The van der Waals surface area contributed by atoms with Gasteiger partial charge in [0.25, 0.3) is 5.69 Å². The Bertz CT molecular complexity index is 794. The largest absolute Gasteiger partial charge is 0.497 e. The zero-order valence-corrected chi connectivity index (χ0v) is 11.7.